The van der Waals surface area contributed by atoms with E-state index in [1.54, 1.807) is 23.5 Å². The van der Waals surface area contributed by atoms with Gasteiger partial charge in [0, 0.05) is 37.6 Å². The molecule has 2 aromatic carbocycles. The number of hydrogen-bond donors (Lipinski definition) is 1. The molecule has 2 aromatic heterocycles. The highest BCUT2D eigenvalue weighted by Gasteiger charge is 2.11. The number of non-ortho nitro benzene ring substituents is 1. The molecular formula is C24H25N5O2S. The molecule has 0 unspecified atom stereocenters. The first-order chi connectivity index (χ1) is 15.4. The van der Waals surface area contributed by atoms with Crippen LogP contribution in [0.3, 0.4) is 0 Å². The molecule has 0 radical (unpaired) electrons. The van der Waals surface area contributed by atoms with Crippen molar-refractivity contribution in [1.82, 2.24) is 9.97 Å². The molecule has 1 N–H and O–H groups in total. The van der Waals surface area contributed by atoms with Gasteiger partial charge in [0.25, 0.3) is 5.69 Å². The first-order valence-corrected chi connectivity index (χ1v) is 11.3. The molecular weight excluding hydrogens is 422 g/mol. The average molecular weight is 448 g/mol. The molecule has 7 nitrogen and oxygen atoms in total. The average Bonchev–Trinajstić information content (AvgIpc) is 3.17. The van der Waals surface area contributed by atoms with Gasteiger partial charge in [-0.2, -0.15) is 4.98 Å². The summed E-state index contributed by atoms with van der Waals surface area (Å²) in [6.45, 7) is 2.91. The fraction of sp³-hybridized carbons (Fsp3) is 0.250. The van der Waals surface area contributed by atoms with E-state index in [9.17, 15) is 10.1 Å². The second kappa shape index (κ2) is 9.32. The van der Waals surface area contributed by atoms with Gasteiger partial charge < -0.3 is 10.2 Å². The number of aryl methyl sites for hydroxylation is 2. The SMILES string of the molecule is Cc1cc2c(NCCCc3ccc(-c4ccc([N+](=O)[O-])cc4)cc3)nc(N(C)C)nc2s1. The number of aromatic nitrogens is 2. The third kappa shape index (κ3) is 4.86. The molecule has 4 rings (SSSR count). The number of thiophene rings is 1. The maximum Gasteiger partial charge on any atom is 0.269 e. The van der Waals surface area contributed by atoms with Crippen LogP contribution in [0.4, 0.5) is 17.5 Å². The Hall–Kier alpha value is -3.52. The van der Waals surface area contributed by atoms with Crippen LogP contribution in [0.2, 0.25) is 0 Å². The van der Waals surface area contributed by atoms with Gasteiger partial charge in [-0.3, -0.25) is 10.1 Å². The van der Waals surface area contributed by atoms with E-state index >= 15 is 0 Å². The topological polar surface area (TPSA) is 84.2 Å². The minimum absolute atomic E-state index is 0.106. The van der Waals surface area contributed by atoms with Crippen molar-refractivity contribution in [1.29, 1.82) is 0 Å². The van der Waals surface area contributed by atoms with Crippen LogP contribution in [0.1, 0.15) is 16.9 Å². The molecule has 0 amide bonds. The number of anilines is 2. The summed E-state index contributed by atoms with van der Waals surface area (Å²) < 4.78 is 0. The lowest BCUT2D eigenvalue weighted by Crippen LogP contribution is -2.14. The van der Waals surface area contributed by atoms with Crippen LogP contribution in [-0.2, 0) is 6.42 Å². The number of nitrogens with one attached hydrogen (secondary N) is 1. The number of benzene rings is 2. The number of nitro benzene ring substituents is 1. The van der Waals surface area contributed by atoms with Crippen molar-refractivity contribution >= 4 is 39.0 Å². The molecule has 0 fully saturated rings. The zero-order valence-electron chi connectivity index (χ0n) is 18.3. The van der Waals surface area contributed by atoms with Gasteiger partial charge in [-0.25, -0.2) is 4.98 Å². The molecule has 0 saturated carbocycles. The van der Waals surface area contributed by atoms with Crippen molar-refractivity contribution in [2.75, 3.05) is 30.9 Å². The second-order valence-electron chi connectivity index (χ2n) is 7.87. The minimum Gasteiger partial charge on any atom is -0.369 e. The maximum absolute atomic E-state index is 10.8. The molecule has 8 heteroatoms. The van der Waals surface area contributed by atoms with Gasteiger partial charge in [-0.05, 0) is 54.7 Å². The van der Waals surface area contributed by atoms with E-state index < -0.39 is 0 Å². The van der Waals surface area contributed by atoms with Crippen molar-refractivity contribution in [2.24, 2.45) is 0 Å². The smallest absolute Gasteiger partial charge is 0.269 e. The van der Waals surface area contributed by atoms with Crippen LogP contribution in [0.5, 0.6) is 0 Å². The van der Waals surface area contributed by atoms with Gasteiger partial charge in [0.1, 0.15) is 10.6 Å². The monoisotopic (exact) mass is 447 g/mol. The highest BCUT2D eigenvalue weighted by Crippen LogP contribution is 2.30. The fourth-order valence-corrected chi connectivity index (χ4v) is 4.38. The van der Waals surface area contributed by atoms with Gasteiger partial charge in [-0.15, -0.1) is 11.3 Å². The molecule has 32 heavy (non-hydrogen) atoms. The third-order valence-electron chi connectivity index (χ3n) is 5.20. The Morgan fingerprint density at radius 3 is 2.31 bits per heavy atom. The normalized spacial score (nSPS) is 11.0. The van der Waals surface area contributed by atoms with Crippen molar-refractivity contribution in [3.8, 4) is 11.1 Å². The van der Waals surface area contributed by atoms with Crippen LogP contribution in [0, 0.1) is 17.0 Å². The number of rotatable bonds is 8. The van der Waals surface area contributed by atoms with E-state index in [4.69, 9.17) is 0 Å². The zero-order valence-corrected chi connectivity index (χ0v) is 19.1. The van der Waals surface area contributed by atoms with Gasteiger partial charge in [0.15, 0.2) is 0 Å². The van der Waals surface area contributed by atoms with Crippen LogP contribution in [0.15, 0.2) is 54.6 Å². The molecule has 0 atom stereocenters. The zero-order chi connectivity index (χ0) is 22.7. The van der Waals surface area contributed by atoms with Crippen molar-refractivity contribution in [2.45, 2.75) is 19.8 Å². The van der Waals surface area contributed by atoms with Crippen molar-refractivity contribution in [3.63, 3.8) is 0 Å². The lowest BCUT2D eigenvalue weighted by atomic mass is 10.0. The maximum atomic E-state index is 10.8. The minimum atomic E-state index is -0.381. The van der Waals surface area contributed by atoms with Crippen molar-refractivity contribution in [3.05, 3.63) is 75.2 Å². The molecule has 0 saturated heterocycles. The van der Waals surface area contributed by atoms with Gasteiger partial charge >= 0.3 is 0 Å². The van der Waals surface area contributed by atoms with Crippen LogP contribution in [-0.4, -0.2) is 35.5 Å². The highest BCUT2D eigenvalue weighted by molar-refractivity contribution is 7.18. The first-order valence-electron chi connectivity index (χ1n) is 10.4. The van der Waals surface area contributed by atoms with Crippen molar-refractivity contribution < 1.29 is 4.92 Å². The molecule has 4 aromatic rings. The van der Waals surface area contributed by atoms with Crippen LogP contribution in [0.25, 0.3) is 21.3 Å². The largest absolute Gasteiger partial charge is 0.369 e. The predicted molar refractivity (Wildman–Crippen MR) is 132 cm³/mol. The highest BCUT2D eigenvalue weighted by atomic mass is 32.1. The number of nitro groups is 1. The molecule has 0 aliphatic heterocycles. The lowest BCUT2D eigenvalue weighted by molar-refractivity contribution is -0.384. The summed E-state index contributed by atoms with van der Waals surface area (Å²) in [5, 5.41) is 15.4. The van der Waals surface area contributed by atoms with Crippen LogP contribution >= 0.6 is 11.3 Å². The summed E-state index contributed by atoms with van der Waals surface area (Å²) in [4.78, 5) is 23.9. The van der Waals surface area contributed by atoms with E-state index in [0.717, 1.165) is 46.5 Å². The lowest BCUT2D eigenvalue weighted by Gasteiger charge is -2.13. The summed E-state index contributed by atoms with van der Waals surface area (Å²) >= 11 is 1.68. The Balaban J connectivity index is 1.36. The standard InChI is InChI=1S/C24H25N5O2S/c1-16-15-21-22(26-24(28(2)3)27-23(21)32-16)25-14-4-5-17-6-8-18(9-7-17)19-10-12-20(13-11-19)29(30)31/h6-13,15H,4-5,14H2,1-3H3,(H,25,26,27). The Bertz CT molecular complexity index is 1230. The summed E-state index contributed by atoms with van der Waals surface area (Å²) in [5.74, 6) is 1.60. The molecule has 0 spiro atoms. The van der Waals surface area contributed by atoms with E-state index in [-0.39, 0.29) is 10.6 Å². The summed E-state index contributed by atoms with van der Waals surface area (Å²) in [6, 6.07) is 17.1. The second-order valence-corrected chi connectivity index (χ2v) is 9.11. The molecule has 0 bridgehead atoms. The molecule has 0 aliphatic carbocycles. The molecule has 164 valence electrons. The number of fused-ring (bicyclic) bond motifs is 1. The molecule has 2 heterocycles. The third-order valence-corrected chi connectivity index (χ3v) is 6.15. The Morgan fingerprint density at radius 2 is 1.69 bits per heavy atom. The van der Waals surface area contributed by atoms with E-state index in [1.165, 1.54) is 22.6 Å². The summed E-state index contributed by atoms with van der Waals surface area (Å²) in [7, 11) is 3.90. The first kappa shape index (κ1) is 21.7. The van der Waals surface area contributed by atoms with E-state index in [2.05, 4.69) is 52.5 Å². The van der Waals surface area contributed by atoms with Gasteiger partial charge in [0.2, 0.25) is 5.95 Å². The predicted octanol–water partition coefficient (Wildman–Crippen LogP) is 5.69. The summed E-state index contributed by atoms with van der Waals surface area (Å²) in [6.07, 6.45) is 1.92. The fourth-order valence-electron chi connectivity index (χ4n) is 3.50. The van der Waals surface area contributed by atoms with Gasteiger partial charge in [0.05, 0.1) is 10.3 Å². The molecule has 0 aliphatic rings. The van der Waals surface area contributed by atoms with Crippen LogP contribution < -0.4 is 10.2 Å². The Labute approximate surface area is 190 Å². The Kier molecular flexibility index (Phi) is 6.32. The van der Waals surface area contributed by atoms with Gasteiger partial charge in [-0.1, -0.05) is 24.3 Å². The quantitative estimate of drug-likeness (QED) is 0.212. The number of nitrogens with zero attached hydrogens (tertiary/aromatic N) is 4. The number of hydrogen-bond acceptors (Lipinski definition) is 7. The summed E-state index contributed by atoms with van der Waals surface area (Å²) in [5.41, 5.74) is 3.38. The van der Waals surface area contributed by atoms with E-state index in [1.807, 2.05) is 19.0 Å². The Morgan fingerprint density at radius 1 is 1.03 bits per heavy atom. The van der Waals surface area contributed by atoms with E-state index in [0.29, 0.717) is 5.95 Å².